The minimum Gasteiger partial charge on any atom is -0.317 e. The van der Waals surface area contributed by atoms with Gasteiger partial charge >= 0.3 is 0 Å². The number of anilines is 1. The maximum atomic E-state index is 11.9. The van der Waals surface area contributed by atoms with E-state index in [2.05, 4.69) is 49.2 Å². The van der Waals surface area contributed by atoms with Gasteiger partial charge in [-0.3, -0.25) is 9.69 Å². The van der Waals surface area contributed by atoms with Crippen LogP contribution in [0.25, 0.3) is 20.8 Å². The van der Waals surface area contributed by atoms with E-state index in [1.165, 1.54) is 15.1 Å². The molecule has 0 saturated heterocycles. The summed E-state index contributed by atoms with van der Waals surface area (Å²) in [4.78, 5) is 20.7. The summed E-state index contributed by atoms with van der Waals surface area (Å²) < 4.78 is 1.19. The molecule has 1 atom stereocenters. The number of hydrogen-bond acceptors (Lipinski definition) is 5. The third-order valence-electron chi connectivity index (χ3n) is 5.24. The van der Waals surface area contributed by atoms with Gasteiger partial charge in [0, 0.05) is 30.0 Å². The van der Waals surface area contributed by atoms with Crippen LogP contribution in [0.3, 0.4) is 0 Å². The number of carbonyl (C=O) groups excluding carboxylic acids is 1. The molecule has 0 fully saturated rings. The third-order valence-corrected chi connectivity index (χ3v) is 7.40. The lowest BCUT2D eigenvalue weighted by atomic mass is 9.95. The first-order valence-electron chi connectivity index (χ1n) is 9.47. The summed E-state index contributed by atoms with van der Waals surface area (Å²) in [7, 11) is 0. The Bertz CT molecular complexity index is 956. The molecule has 1 aromatic carbocycles. The minimum atomic E-state index is -0.0258. The van der Waals surface area contributed by atoms with Gasteiger partial charge in [0.25, 0.3) is 0 Å². The zero-order valence-electron chi connectivity index (χ0n) is 16.2. The van der Waals surface area contributed by atoms with E-state index in [1.54, 1.807) is 29.6 Å². The average Bonchev–Trinajstić information content (AvgIpc) is 3.13. The summed E-state index contributed by atoms with van der Waals surface area (Å²) in [5.41, 5.74) is 3.55. The SMILES string of the molecule is CC(=O)Nc1sc2c(c1-c1nc3ccccc3s1)C(C)CCN(C(C)C)C2. The third kappa shape index (κ3) is 3.53. The average molecular weight is 400 g/mol. The van der Waals surface area contributed by atoms with Crippen molar-refractivity contribution in [2.75, 3.05) is 11.9 Å². The highest BCUT2D eigenvalue weighted by molar-refractivity contribution is 7.22. The molecule has 1 amide bonds. The maximum Gasteiger partial charge on any atom is 0.221 e. The molecule has 142 valence electrons. The summed E-state index contributed by atoms with van der Waals surface area (Å²) in [5.74, 6) is 0.423. The predicted octanol–water partition coefficient (Wildman–Crippen LogP) is 5.70. The second-order valence-electron chi connectivity index (χ2n) is 7.56. The summed E-state index contributed by atoms with van der Waals surface area (Å²) in [5, 5.41) is 5.05. The molecule has 0 bridgehead atoms. The molecule has 2 aromatic heterocycles. The van der Waals surface area contributed by atoms with Crippen LogP contribution in [0.15, 0.2) is 24.3 Å². The van der Waals surface area contributed by atoms with E-state index in [-0.39, 0.29) is 5.91 Å². The molecule has 0 radical (unpaired) electrons. The Labute approximate surface area is 168 Å². The predicted molar refractivity (Wildman–Crippen MR) is 116 cm³/mol. The van der Waals surface area contributed by atoms with Crippen molar-refractivity contribution in [1.82, 2.24) is 9.88 Å². The summed E-state index contributed by atoms with van der Waals surface area (Å²) >= 11 is 3.44. The zero-order chi connectivity index (χ0) is 19.1. The number of thiazole rings is 1. The zero-order valence-corrected chi connectivity index (χ0v) is 17.8. The number of thiophene rings is 1. The molecule has 4 rings (SSSR count). The van der Waals surface area contributed by atoms with Crippen molar-refractivity contribution < 1.29 is 4.79 Å². The van der Waals surface area contributed by atoms with Crippen LogP contribution in [0.2, 0.25) is 0 Å². The Morgan fingerprint density at radius 2 is 2.07 bits per heavy atom. The second-order valence-corrected chi connectivity index (χ2v) is 9.70. The first-order chi connectivity index (χ1) is 12.9. The minimum absolute atomic E-state index is 0.0258. The summed E-state index contributed by atoms with van der Waals surface area (Å²) in [6.45, 7) is 10.5. The van der Waals surface area contributed by atoms with Gasteiger partial charge in [-0.1, -0.05) is 19.1 Å². The van der Waals surface area contributed by atoms with Crippen LogP contribution in [-0.2, 0) is 11.3 Å². The van der Waals surface area contributed by atoms with Crippen LogP contribution >= 0.6 is 22.7 Å². The van der Waals surface area contributed by atoms with Gasteiger partial charge in [-0.15, -0.1) is 22.7 Å². The van der Waals surface area contributed by atoms with Gasteiger partial charge in [0.2, 0.25) is 5.91 Å². The number of para-hydroxylation sites is 1. The number of aromatic nitrogens is 1. The number of benzene rings is 1. The molecule has 1 aliphatic heterocycles. The van der Waals surface area contributed by atoms with E-state index in [4.69, 9.17) is 4.98 Å². The van der Waals surface area contributed by atoms with Crippen molar-refractivity contribution >= 4 is 43.8 Å². The Kier molecular flexibility index (Phi) is 5.05. The lowest BCUT2D eigenvalue weighted by Crippen LogP contribution is -2.30. The van der Waals surface area contributed by atoms with E-state index in [0.717, 1.165) is 40.6 Å². The van der Waals surface area contributed by atoms with Gasteiger partial charge in [-0.25, -0.2) is 4.98 Å². The van der Waals surface area contributed by atoms with Gasteiger partial charge in [0.15, 0.2) is 0 Å². The van der Waals surface area contributed by atoms with Crippen molar-refractivity contribution in [2.24, 2.45) is 0 Å². The monoisotopic (exact) mass is 399 g/mol. The van der Waals surface area contributed by atoms with Gasteiger partial charge in [-0.05, 0) is 50.4 Å². The topological polar surface area (TPSA) is 45.2 Å². The van der Waals surface area contributed by atoms with E-state index in [0.29, 0.717) is 12.0 Å². The lowest BCUT2D eigenvalue weighted by molar-refractivity contribution is -0.114. The van der Waals surface area contributed by atoms with Gasteiger partial charge in [0.05, 0.1) is 10.2 Å². The van der Waals surface area contributed by atoms with Crippen molar-refractivity contribution in [2.45, 2.75) is 52.6 Å². The molecule has 27 heavy (non-hydrogen) atoms. The first-order valence-corrected chi connectivity index (χ1v) is 11.1. The standard InChI is InChI=1S/C21H25N3OS2/c1-12(2)24-10-9-13(3)18-17(11-24)27-20(22-14(4)25)19(18)21-23-15-7-5-6-8-16(15)26-21/h5-8,12-13H,9-11H2,1-4H3,(H,22,25). The number of amides is 1. The van der Waals surface area contributed by atoms with Crippen LogP contribution in [0, 0.1) is 0 Å². The second kappa shape index (κ2) is 7.34. The molecule has 4 nitrogen and oxygen atoms in total. The van der Waals surface area contributed by atoms with Gasteiger partial charge < -0.3 is 5.32 Å². The molecule has 6 heteroatoms. The van der Waals surface area contributed by atoms with Crippen molar-refractivity contribution in [1.29, 1.82) is 0 Å². The molecule has 1 N–H and O–H groups in total. The van der Waals surface area contributed by atoms with Crippen LogP contribution < -0.4 is 5.32 Å². The molecule has 0 aliphatic carbocycles. The Balaban J connectivity index is 1.90. The fourth-order valence-corrected chi connectivity index (χ4v) is 6.27. The van der Waals surface area contributed by atoms with Crippen LogP contribution in [-0.4, -0.2) is 28.4 Å². The van der Waals surface area contributed by atoms with E-state index in [9.17, 15) is 4.79 Å². The number of carbonyl (C=O) groups is 1. The van der Waals surface area contributed by atoms with Crippen molar-refractivity contribution in [3.8, 4) is 10.6 Å². The number of fused-ring (bicyclic) bond motifs is 2. The lowest BCUT2D eigenvalue weighted by Gasteiger charge is -2.24. The molecular formula is C21H25N3OS2. The van der Waals surface area contributed by atoms with Crippen molar-refractivity contribution in [3.05, 3.63) is 34.7 Å². The Morgan fingerprint density at radius 1 is 1.30 bits per heavy atom. The van der Waals surface area contributed by atoms with Gasteiger partial charge in [-0.2, -0.15) is 0 Å². The molecule has 1 unspecified atom stereocenters. The molecule has 0 saturated carbocycles. The maximum absolute atomic E-state index is 11.9. The molecule has 3 aromatic rings. The number of rotatable bonds is 3. The molecule has 0 spiro atoms. The summed E-state index contributed by atoms with van der Waals surface area (Å²) in [6, 6.07) is 8.76. The fraction of sp³-hybridized carbons (Fsp3) is 0.429. The molecular weight excluding hydrogens is 374 g/mol. The Hall–Kier alpha value is -1.76. The molecule has 1 aliphatic rings. The van der Waals surface area contributed by atoms with E-state index < -0.39 is 0 Å². The number of hydrogen-bond donors (Lipinski definition) is 1. The van der Waals surface area contributed by atoms with E-state index >= 15 is 0 Å². The number of nitrogens with zero attached hydrogens (tertiary/aromatic N) is 2. The largest absolute Gasteiger partial charge is 0.317 e. The Morgan fingerprint density at radius 3 is 2.78 bits per heavy atom. The van der Waals surface area contributed by atoms with Crippen LogP contribution in [0.4, 0.5) is 5.00 Å². The first kappa shape index (κ1) is 18.6. The number of nitrogens with one attached hydrogen (secondary N) is 1. The van der Waals surface area contributed by atoms with Crippen LogP contribution in [0.1, 0.15) is 50.5 Å². The van der Waals surface area contributed by atoms with Gasteiger partial charge in [0.1, 0.15) is 10.0 Å². The normalized spacial score (nSPS) is 17.9. The highest BCUT2D eigenvalue weighted by Crippen LogP contribution is 2.48. The highest BCUT2D eigenvalue weighted by Gasteiger charge is 2.30. The summed E-state index contributed by atoms with van der Waals surface area (Å²) in [6.07, 6.45) is 1.12. The smallest absolute Gasteiger partial charge is 0.221 e. The quantitative estimate of drug-likeness (QED) is 0.614. The van der Waals surface area contributed by atoms with Crippen molar-refractivity contribution in [3.63, 3.8) is 0 Å². The van der Waals surface area contributed by atoms with E-state index in [1.807, 2.05) is 6.07 Å². The van der Waals surface area contributed by atoms with Crippen LogP contribution in [0.5, 0.6) is 0 Å². The fourth-order valence-electron chi connectivity index (χ4n) is 3.78. The highest BCUT2D eigenvalue weighted by atomic mass is 32.1. The molecule has 3 heterocycles.